The number of carbonyl (C=O) groups excluding carboxylic acids is 1. The van der Waals surface area contributed by atoms with Crippen LogP contribution in [-0.4, -0.2) is 49.6 Å². The van der Waals surface area contributed by atoms with Crippen LogP contribution in [0.25, 0.3) is 0 Å². The molecule has 1 aliphatic heterocycles. The molecule has 4 nitrogen and oxygen atoms in total. The highest BCUT2D eigenvalue weighted by Crippen LogP contribution is 2.33. The van der Waals surface area contributed by atoms with E-state index in [2.05, 4.69) is 29.4 Å². The van der Waals surface area contributed by atoms with E-state index in [0.29, 0.717) is 6.04 Å². The largest absolute Gasteiger partial charge is 0.358 e. The molecule has 4 atom stereocenters. The minimum absolute atomic E-state index is 0.0226. The highest BCUT2D eigenvalue weighted by Gasteiger charge is 2.36. The fourth-order valence-electron chi connectivity index (χ4n) is 3.39. The third kappa shape index (κ3) is 2.86. The van der Waals surface area contributed by atoms with Crippen LogP contribution in [-0.2, 0) is 4.79 Å². The standard InChI is InChI=1S/C14H27N3O/c1-10-4-5-12(8-11(10)2)17-7-6-16-9-13(17)14(18)15-3/h10-13,16H,4-9H2,1-3H3,(H,15,18). The molecule has 1 heterocycles. The lowest BCUT2D eigenvalue weighted by Crippen LogP contribution is -2.61. The van der Waals surface area contributed by atoms with E-state index in [0.717, 1.165) is 31.5 Å². The lowest BCUT2D eigenvalue weighted by molar-refractivity contribution is -0.128. The maximum absolute atomic E-state index is 12.0. The van der Waals surface area contributed by atoms with Crippen LogP contribution in [0.5, 0.6) is 0 Å². The molecule has 0 radical (unpaired) electrons. The molecule has 104 valence electrons. The summed E-state index contributed by atoms with van der Waals surface area (Å²) in [6, 6.07) is 0.620. The van der Waals surface area contributed by atoms with Gasteiger partial charge in [0.25, 0.3) is 0 Å². The van der Waals surface area contributed by atoms with Gasteiger partial charge in [0.1, 0.15) is 6.04 Å². The van der Waals surface area contributed by atoms with Crippen LogP contribution >= 0.6 is 0 Å². The molecule has 2 N–H and O–H groups in total. The minimum Gasteiger partial charge on any atom is -0.358 e. The Labute approximate surface area is 110 Å². The first-order valence-electron chi connectivity index (χ1n) is 7.31. The highest BCUT2D eigenvalue weighted by atomic mass is 16.2. The Balaban J connectivity index is 2.02. The smallest absolute Gasteiger partial charge is 0.238 e. The fourth-order valence-corrected chi connectivity index (χ4v) is 3.39. The van der Waals surface area contributed by atoms with E-state index >= 15 is 0 Å². The van der Waals surface area contributed by atoms with Gasteiger partial charge in [0.2, 0.25) is 5.91 Å². The van der Waals surface area contributed by atoms with Crippen LogP contribution in [0.2, 0.25) is 0 Å². The molecule has 1 aliphatic carbocycles. The summed E-state index contributed by atoms with van der Waals surface area (Å²) >= 11 is 0. The van der Waals surface area contributed by atoms with E-state index in [1.54, 1.807) is 7.05 Å². The summed E-state index contributed by atoms with van der Waals surface area (Å²) < 4.78 is 0. The Hall–Kier alpha value is -0.610. The van der Waals surface area contributed by atoms with Crippen LogP contribution < -0.4 is 10.6 Å². The Kier molecular flexibility index (Phi) is 4.62. The van der Waals surface area contributed by atoms with Gasteiger partial charge in [-0.05, 0) is 31.1 Å². The van der Waals surface area contributed by atoms with Gasteiger partial charge in [-0.15, -0.1) is 0 Å². The average Bonchev–Trinajstić information content (AvgIpc) is 2.41. The summed E-state index contributed by atoms with van der Waals surface area (Å²) in [5.74, 6) is 1.78. The third-order valence-corrected chi connectivity index (χ3v) is 4.87. The molecule has 1 amide bonds. The normalized spacial score (nSPS) is 38.4. The van der Waals surface area contributed by atoms with Crippen LogP contribution in [0.4, 0.5) is 0 Å². The second-order valence-electron chi connectivity index (χ2n) is 5.99. The van der Waals surface area contributed by atoms with Crippen LogP contribution in [0.3, 0.4) is 0 Å². The molecule has 4 unspecified atom stereocenters. The van der Waals surface area contributed by atoms with E-state index < -0.39 is 0 Å². The first-order chi connectivity index (χ1) is 8.63. The van der Waals surface area contributed by atoms with Crippen molar-refractivity contribution in [2.75, 3.05) is 26.7 Å². The summed E-state index contributed by atoms with van der Waals surface area (Å²) in [5, 5.41) is 6.14. The number of rotatable bonds is 2. The zero-order valence-electron chi connectivity index (χ0n) is 11.9. The number of nitrogens with one attached hydrogen (secondary N) is 2. The van der Waals surface area contributed by atoms with E-state index in [1.165, 1.54) is 19.3 Å². The molecule has 1 saturated heterocycles. The monoisotopic (exact) mass is 253 g/mol. The average molecular weight is 253 g/mol. The Bertz CT molecular complexity index is 295. The van der Waals surface area contributed by atoms with Crippen molar-refractivity contribution < 1.29 is 4.79 Å². The SMILES string of the molecule is CNC(=O)C1CNCCN1C1CCC(C)C(C)C1. The Morgan fingerprint density at radius 3 is 2.72 bits per heavy atom. The summed E-state index contributed by atoms with van der Waals surface area (Å²) in [4.78, 5) is 14.4. The molecule has 0 aromatic carbocycles. The lowest BCUT2D eigenvalue weighted by Gasteiger charge is -2.44. The maximum Gasteiger partial charge on any atom is 0.238 e. The van der Waals surface area contributed by atoms with Gasteiger partial charge in [-0.2, -0.15) is 0 Å². The number of nitrogens with zero attached hydrogens (tertiary/aromatic N) is 1. The van der Waals surface area contributed by atoms with Crippen molar-refractivity contribution in [2.24, 2.45) is 11.8 Å². The second kappa shape index (κ2) is 6.02. The Morgan fingerprint density at radius 2 is 2.06 bits per heavy atom. The van der Waals surface area contributed by atoms with Crippen molar-refractivity contribution in [2.45, 2.75) is 45.2 Å². The number of piperazine rings is 1. The molecule has 0 bridgehead atoms. The molecule has 1 saturated carbocycles. The Morgan fingerprint density at radius 1 is 1.28 bits per heavy atom. The number of amides is 1. The van der Waals surface area contributed by atoms with Gasteiger partial charge in [0.05, 0.1) is 0 Å². The molecule has 2 rings (SSSR count). The van der Waals surface area contributed by atoms with Crippen molar-refractivity contribution in [1.29, 1.82) is 0 Å². The molecule has 0 aromatic rings. The van der Waals surface area contributed by atoms with Crippen molar-refractivity contribution in [3.63, 3.8) is 0 Å². The number of hydrogen-bond donors (Lipinski definition) is 2. The van der Waals surface area contributed by atoms with Crippen molar-refractivity contribution >= 4 is 5.91 Å². The van der Waals surface area contributed by atoms with Crippen LogP contribution in [0, 0.1) is 11.8 Å². The van der Waals surface area contributed by atoms with Gasteiger partial charge in [0, 0.05) is 32.7 Å². The van der Waals surface area contributed by atoms with Gasteiger partial charge in [-0.3, -0.25) is 9.69 Å². The second-order valence-corrected chi connectivity index (χ2v) is 5.99. The molecule has 4 heteroatoms. The number of likely N-dealkylation sites (N-methyl/N-ethyl adjacent to an activating group) is 1. The summed E-state index contributed by atoms with van der Waals surface area (Å²) in [5.41, 5.74) is 0. The van der Waals surface area contributed by atoms with E-state index in [-0.39, 0.29) is 11.9 Å². The molecule has 2 fully saturated rings. The van der Waals surface area contributed by atoms with Gasteiger partial charge < -0.3 is 10.6 Å². The molecular weight excluding hydrogens is 226 g/mol. The van der Waals surface area contributed by atoms with Gasteiger partial charge in [-0.1, -0.05) is 13.8 Å². The molecule has 18 heavy (non-hydrogen) atoms. The van der Waals surface area contributed by atoms with Gasteiger partial charge >= 0.3 is 0 Å². The summed E-state index contributed by atoms with van der Waals surface area (Å²) in [7, 11) is 1.74. The molecular formula is C14H27N3O. The molecule has 0 aromatic heterocycles. The van der Waals surface area contributed by atoms with Gasteiger partial charge in [0.15, 0.2) is 0 Å². The van der Waals surface area contributed by atoms with E-state index in [9.17, 15) is 4.79 Å². The van der Waals surface area contributed by atoms with Crippen molar-refractivity contribution in [1.82, 2.24) is 15.5 Å². The topological polar surface area (TPSA) is 44.4 Å². The first kappa shape index (κ1) is 13.8. The predicted octanol–water partition coefficient (Wildman–Crippen LogP) is 0.831. The quantitative estimate of drug-likeness (QED) is 0.766. The number of hydrogen-bond acceptors (Lipinski definition) is 3. The van der Waals surface area contributed by atoms with Crippen molar-refractivity contribution in [3.8, 4) is 0 Å². The van der Waals surface area contributed by atoms with Crippen LogP contribution in [0.15, 0.2) is 0 Å². The molecule has 2 aliphatic rings. The number of carbonyl (C=O) groups is 1. The fraction of sp³-hybridized carbons (Fsp3) is 0.929. The third-order valence-electron chi connectivity index (χ3n) is 4.87. The maximum atomic E-state index is 12.0. The van der Waals surface area contributed by atoms with Gasteiger partial charge in [-0.25, -0.2) is 0 Å². The zero-order valence-corrected chi connectivity index (χ0v) is 11.9. The lowest BCUT2D eigenvalue weighted by atomic mass is 9.78. The first-order valence-corrected chi connectivity index (χ1v) is 7.31. The zero-order chi connectivity index (χ0) is 13.1. The summed E-state index contributed by atoms with van der Waals surface area (Å²) in [6.45, 7) is 7.51. The van der Waals surface area contributed by atoms with E-state index in [1.807, 2.05) is 0 Å². The van der Waals surface area contributed by atoms with Crippen molar-refractivity contribution in [3.05, 3.63) is 0 Å². The highest BCUT2D eigenvalue weighted by molar-refractivity contribution is 5.81. The van der Waals surface area contributed by atoms with E-state index in [4.69, 9.17) is 0 Å². The molecule has 0 spiro atoms. The predicted molar refractivity (Wildman–Crippen MR) is 73.4 cm³/mol. The minimum atomic E-state index is 0.0226. The summed E-state index contributed by atoms with van der Waals surface area (Å²) in [6.07, 6.45) is 3.80. The van der Waals surface area contributed by atoms with Crippen LogP contribution in [0.1, 0.15) is 33.1 Å².